The van der Waals surface area contributed by atoms with Gasteiger partial charge in [0.1, 0.15) is 10.8 Å². The van der Waals surface area contributed by atoms with E-state index in [1.165, 1.54) is 0 Å². The smallest absolute Gasteiger partial charge is 0.421 e. The zero-order chi connectivity index (χ0) is 24.4. The molecule has 2 rings (SSSR count). The van der Waals surface area contributed by atoms with Gasteiger partial charge in [-0.25, -0.2) is 14.8 Å². The number of ether oxygens (including phenoxy) is 2. The van der Waals surface area contributed by atoms with Crippen LogP contribution < -0.4 is 4.90 Å². The normalized spacial score (nSPS) is 12.9. The van der Waals surface area contributed by atoms with E-state index in [2.05, 4.69) is 9.97 Å². The number of rotatable bonds is 5. The third kappa shape index (κ3) is 6.25. The van der Waals surface area contributed by atoms with Gasteiger partial charge in [-0.3, -0.25) is 4.79 Å². The molecule has 0 bridgehead atoms. The summed E-state index contributed by atoms with van der Waals surface area (Å²) in [5, 5.41) is 10.8. The maximum absolute atomic E-state index is 13.0. The van der Waals surface area contributed by atoms with Crippen molar-refractivity contribution in [3.8, 4) is 11.3 Å². The fraction of sp³-hybridized carbons (Fsp3) is 0.478. The molecule has 0 aliphatic carbocycles. The number of hydrogen-bond acceptors (Lipinski definition) is 7. The van der Waals surface area contributed by atoms with Gasteiger partial charge in [-0.05, 0) is 61.0 Å². The van der Waals surface area contributed by atoms with Crippen molar-refractivity contribution in [3.05, 3.63) is 40.0 Å². The molecule has 8 nitrogen and oxygen atoms in total. The molecule has 0 aliphatic rings. The zero-order valence-corrected chi connectivity index (χ0v) is 20.4. The molecule has 1 N–H and O–H groups in total. The molecular formula is C23H30ClN3O5. The summed E-state index contributed by atoms with van der Waals surface area (Å²) >= 11 is 6.40. The predicted molar refractivity (Wildman–Crippen MR) is 123 cm³/mol. The predicted octanol–water partition coefficient (Wildman–Crippen LogP) is 5.06. The third-order valence-corrected chi connectivity index (χ3v) is 4.60. The number of anilines is 1. The van der Waals surface area contributed by atoms with E-state index in [0.717, 1.165) is 16.7 Å². The van der Waals surface area contributed by atoms with Crippen molar-refractivity contribution in [1.29, 1.82) is 0 Å². The van der Waals surface area contributed by atoms with Crippen molar-refractivity contribution >= 4 is 29.9 Å². The van der Waals surface area contributed by atoms with E-state index in [9.17, 15) is 14.7 Å². The zero-order valence-electron chi connectivity index (χ0n) is 19.7. The van der Waals surface area contributed by atoms with Crippen molar-refractivity contribution in [2.45, 2.75) is 73.0 Å². The maximum Gasteiger partial charge on any atom is 0.421 e. The number of benzene rings is 1. The second-order valence-electron chi connectivity index (χ2n) is 9.35. The first kappa shape index (κ1) is 25.7. The second-order valence-corrected chi connectivity index (χ2v) is 9.71. The number of carbonyl (C=O) groups excluding carboxylic acids is 2. The van der Waals surface area contributed by atoms with Gasteiger partial charge in [0.2, 0.25) is 12.4 Å². The summed E-state index contributed by atoms with van der Waals surface area (Å²) in [6, 6.07) is 5.25. The van der Waals surface area contributed by atoms with Crippen LogP contribution in [0.5, 0.6) is 0 Å². The Morgan fingerprint density at radius 1 is 1.12 bits per heavy atom. The Labute approximate surface area is 193 Å². The van der Waals surface area contributed by atoms with Crippen LogP contribution in [0.2, 0.25) is 5.15 Å². The van der Waals surface area contributed by atoms with Crippen molar-refractivity contribution in [1.82, 2.24) is 9.97 Å². The SMILES string of the molecule is Cc1cccc(C=O)c1-c1nc(N(C(=O)OC(C)(C)C)C(O)OC(C)(C)C)nc(Cl)c1C. The minimum Gasteiger partial charge on any atom is -0.443 e. The van der Waals surface area contributed by atoms with Gasteiger partial charge in [-0.2, -0.15) is 4.90 Å². The Hall–Kier alpha value is -2.55. The number of nitrogens with zero attached hydrogens (tertiary/aromatic N) is 3. The molecule has 1 heterocycles. The Morgan fingerprint density at radius 3 is 2.28 bits per heavy atom. The Bertz CT molecular complexity index is 1010. The van der Waals surface area contributed by atoms with E-state index in [0.29, 0.717) is 22.4 Å². The van der Waals surface area contributed by atoms with Gasteiger partial charge in [0, 0.05) is 16.7 Å². The number of carbonyl (C=O) groups is 2. The number of amides is 1. The lowest BCUT2D eigenvalue weighted by Gasteiger charge is -2.32. The largest absolute Gasteiger partial charge is 0.443 e. The van der Waals surface area contributed by atoms with Crippen molar-refractivity contribution in [2.24, 2.45) is 0 Å². The molecule has 0 spiro atoms. The van der Waals surface area contributed by atoms with Crippen LogP contribution in [-0.2, 0) is 9.47 Å². The van der Waals surface area contributed by atoms with Gasteiger partial charge in [0.25, 0.3) is 0 Å². The molecule has 1 aromatic carbocycles. The fourth-order valence-electron chi connectivity index (χ4n) is 2.89. The number of aldehydes is 1. The highest BCUT2D eigenvalue weighted by atomic mass is 35.5. The molecule has 9 heteroatoms. The summed E-state index contributed by atoms with van der Waals surface area (Å²) in [5.74, 6) is -0.221. The average Bonchev–Trinajstić information content (AvgIpc) is 2.61. The van der Waals surface area contributed by atoms with Gasteiger partial charge in [-0.15, -0.1) is 0 Å². The molecule has 0 aliphatic heterocycles. The standard InChI is InChI=1S/C23H30ClN3O5/c1-13-10-9-11-15(12-28)16(13)17-14(2)18(24)26-19(25-17)27(20(29)31-22(3,4)5)21(30)32-23(6,7)8/h9-12,20,29H,1-8H3. The molecule has 0 saturated heterocycles. The topological polar surface area (TPSA) is 102 Å². The number of hydrogen-bond donors (Lipinski definition) is 1. The number of aliphatic hydroxyl groups excluding tert-OH is 1. The Balaban J connectivity index is 2.72. The summed E-state index contributed by atoms with van der Waals surface area (Å²) < 4.78 is 11.0. The molecule has 2 aromatic rings. The molecule has 1 aromatic heterocycles. The minimum absolute atomic E-state index is 0.0571. The number of aliphatic hydroxyl groups is 1. The molecule has 1 unspecified atom stereocenters. The summed E-state index contributed by atoms with van der Waals surface area (Å²) in [6.07, 6.45) is -1.94. The molecule has 32 heavy (non-hydrogen) atoms. The number of halogens is 1. The highest BCUT2D eigenvalue weighted by molar-refractivity contribution is 6.30. The molecule has 0 saturated carbocycles. The van der Waals surface area contributed by atoms with Crippen LogP contribution in [0.15, 0.2) is 18.2 Å². The van der Waals surface area contributed by atoms with Crippen LogP contribution in [0.4, 0.5) is 10.7 Å². The van der Waals surface area contributed by atoms with E-state index in [4.69, 9.17) is 21.1 Å². The van der Waals surface area contributed by atoms with Crippen LogP contribution in [0.25, 0.3) is 11.3 Å². The van der Waals surface area contributed by atoms with Crippen LogP contribution in [0, 0.1) is 13.8 Å². The van der Waals surface area contributed by atoms with Crippen molar-refractivity contribution < 1.29 is 24.2 Å². The first-order valence-electron chi connectivity index (χ1n) is 10.1. The highest BCUT2D eigenvalue weighted by Crippen LogP contribution is 2.33. The highest BCUT2D eigenvalue weighted by Gasteiger charge is 2.35. The second kappa shape index (κ2) is 9.52. The molecule has 1 atom stereocenters. The molecule has 0 radical (unpaired) electrons. The van der Waals surface area contributed by atoms with Crippen molar-refractivity contribution in [2.75, 3.05) is 4.90 Å². The average molecular weight is 464 g/mol. The molecule has 174 valence electrons. The quantitative estimate of drug-likeness (QED) is 0.375. The monoisotopic (exact) mass is 463 g/mol. The molecular weight excluding hydrogens is 434 g/mol. The summed E-state index contributed by atoms with van der Waals surface area (Å²) in [5.41, 5.74) is 0.977. The van der Waals surface area contributed by atoms with Crippen molar-refractivity contribution in [3.63, 3.8) is 0 Å². The first-order valence-corrected chi connectivity index (χ1v) is 10.5. The van der Waals surface area contributed by atoms with Crippen LogP contribution >= 0.6 is 11.6 Å². The summed E-state index contributed by atoms with van der Waals surface area (Å²) in [7, 11) is 0. The van der Waals surface area contributed by atoms with Crippen LogP contribution in [0.1, 0.15) is 63.0 Å². The van der Waals surface area contributed by atoms with Crippen LogP contribution in [0.3, 0.4) is 0 Å². The minimum atomic E-state index is -1.75. The van der Waals surface area contributed by atoms with Gasteiger partial charge < -0.3 is 14.6 Å². The van der Waals surface area contributed by atoms with E-state index in [1.54, 1.807) is 60.6 Å². The van der Waals surface area contributed by atoms with E-state index in [1.807, 2.05) is 13.0 Å². The van der Waals surface area contributed by atoms with E-state index < -0.39 is 23.7 Å². The van der Waals surface area contributed by atoms with E-state index in [-0.39, 0.29) is 11.1 Å². The van der Waals surface area contributed by atoms with Gasteiger partial charge in [0.15, 0.2) is 6.29 Å². The molecule has 0 fully saturated rings. The Kier molecular flexibility index (Phi) is 7.65. The number of aryl methyl sites for hydroxylation is 1. The maximum atomic E-state index is 13.0. The van der Waals surface area contributed by atoms with Gasteiger partial charge >= 0.3 is 6.09 Å². The van der Waals surface area contributed by atoms with Crippen LogP contribution in [-0.4, -0.2) is 45.1 Å². The van der Waals surface area contributed by atoms with Gasteiger partial charge in [-0.1, -0.05) is 29.8 Å². The fourth-order valence-corrected chi connectivity index (χ4v) is 3.06. The lowest BCUT2D eigenvalue weighted by Crippen LogP contribution is -2.48. The molecule has 1 amide bonds. The van der Waals surface area contributed by atoms with E-state index >= 15 is 0 Å². The summed E-state index contributed by atoms with van der Waals surface area (Å²) in [4.78, 5) is 34.2. The lowest BCUT2D eigenvalue weighted by atomic mass is 9.97. The summed E-state index contributed by atoms with van der Waals surface area (Å²) in [6.45, 7) is 13.8. The number of aromatic nitrogens is 2. The first-order chi connectivity index (χ1) is 14.6. The lowest BCUT2D eigenvalue weighted by molar-refractivity contribution is -0.163. The third-order valence-electron chi connectivity index (χ3n) is 4.23. The Morgan fingerprint density at radius 2 is 1.75 bits per heavy atom. The van der Waals surface area contributed by atoms with Gasteiger partial charge in [0.05, 0.1) is 11.3 Å².